The molecular formula is C15H12N6O. The summed E-state index contributed by atoms with van der Waals surface area (Å²) in [7, 11) is 0. The quantitative estimate of drug-likeness (QED) is 0.622. The van der Waals surface area contributed by atoms with Crippen molar-refractivity contribution in [2.24, 2.45) is 0 Å². The van der Waals surface area contributed by atoms with Crippen molar-refractivity contribution in [1.82, 2.24) is 24.6 Å². The molecule has 7 nitrogen and oxygen atoms in total. The molecular weight excluding hydrogens is 280 g/mol. The fraction of sp³-hybridized carbons (Fsp3) is 0.0667. The predicted octanol–water partition coefficient (Wildman–Crippen LogP) is 2.39. The van der Waals surface area contributed by atoms with E-state index in [0.29, 0.717) is 6.54 Å². The topological polar surface area (TPSA) is 81.1 Å². The summed E-state index contributed by atoms with van der Waals surface area (Å²) in [5.74, 6) is 1.59. The standard InChI is InChI=1S/C15H12N6O/c1-2-12(22-5-1)8-18-14-3-4-15-19-9-13(21(15)20-14)11-6-16-10-17-7-11/h1-7,9-10H,8H2,(H,18,20). The van der Waals surface area contributed by atoms with Crippen LogP contribution in [0, 0.1) is 0 Å². The molecule has 0 atom stereocenters. The number of hydrogen-bond acceptors (Lipinski definition) is 6. The van der Waals surface area contributed by atoms with Crippen LogP contribution in [-0.4, -0.2) is 24.6 Å². The van der Waals surface area contributed by atoms with Gasteiger partial charge >= 0.3 is 0 Å². The number of nitrogens with one attached hydrogen (secondary N) is 1. The Morgan fingerprint density at radius 1 is 1.09 bits per heavy atom. The van der Waals surface area contributed by atoms with Crippen molar-refractivity contribution < 1.29 is 4.42 Å². The van der Waals surface area contributed by atoms with Crippen LogP contribution in [-0.2, 0) is 6.54 Å². The summed E-state index contributed by atoms with van der Waals surface area (Å²) in [4.78, 5) is 12.4. The lowest BCUT2D eigenvalue weighted by atomic mass is 10.3. The molecule has 0 saturated carbocycles. The van der Waals surface area contributed by atoms with Gasteiger partial charge in [-0.2, -0.15) is 0 Å². The van der Waals surface area contributed by atoms with Crippen molar-refractivity contribution in [2.45, 2.75) is 6.54 Å². The van der Waals surface area contributed by atoms with Crippen LogP contribution in [0.4, 0.5) is 5.82 Å². The molecule has 0 aliphatic carbocycles. The van der Waals surface area contributed by atoms with Crippen molar-refractivity contribution in [1.29, 1.82) is 0 Å². The van der Waals surface area contributed by atoms with Gasteiger partial charge in [-0.05, 0) is 24.3 Å². The Hall–Kier alpha value is -3.22. The van der Waals surface area contributed by atoms with Crippen LogP contribution in [0.1, 0.15) is 5.76 Å². The van der Waals surface area contributed by atoms with Gasteiger partial charge in [0.15, 0.2) is 5.65 Å². The van der Waals surface area contributed by atoms with Gasteiger partial charge in [0.1, 0.15) is 17.9 Å². The number of aromatic nitrogens is 5. The monoisotopic (exact) mass is 292 g/mol. The first-order chi connectivity index (χ1) is 10.9. The van der Waals surface area contributed by atoms with E-state index in [1.54, 1.807) is 29.4 Å². The Morgan fingerprint density at radius 2 is 2.00 bits per heavy atom. The first-order valence-corrected chi connectivity index (χ1v) is 6.76. The lowest BCUT2D eigenvalue weighted by Gasteiger charge is -2.05. The Kier molecular flexibility index (Phi) is 3.01. The van der Waals surface area contributed by atoms with Crippen LogP contribution in [0.2, 0.25) is 0 Å². The smallest absolute Gasteiger partial charge is 0.154 e. The number of furan rings is 1. The zero-order chi connectivity index (χ0) is 14.8. The Morgan fingerprint density at radius 3 is 2.82 bits per heavy atom. The number of rotatable bonds is 4. The zero-order valence-electron chi connectivity index (χ0n) is 11.5. The van der Waals surface area contributed by atoms with Gasteiger partial charge in [-0.3, -0.25) is 0 Å². The van der Waals surface area contributed by atoms with Gasteiger partial charge in [0.25, 0.3) is 0 Å². The summed E-state index contributed by atoms with van der Waals surface area (Å²) in [5, 5.41) is 7.78. The molecule has 0 aliphatic rings. The molecule has 4 aromatic rings. The van der Waals surface area contributed by atoms with Crippen molar-refractivity contribution in [3.63, 3.8) is 0 Å². The maximum Gasteiger partial charge on any atom is 0.154 e. The van der Waals surface area contributed by atoms with E-state index in [1.807, 2.05) is 24.3 Å². The molecule has 0 aromatic carbocycles. The van der Waals surface area contributed by atoms with E-state index in [2.05, 4.69) is 25.4 Å². The highest BCUT2D eigenvalue weighted by molar-refractivity contribution is 5.61. The average Bonchev–Trinajstić information content (AvgIpc) is 3.23. The third-order valence-corrected chi connectivity index (χ3v) is 3.24. The van der Waals surface area contributed by atoms with Crippen LogP contribution in [0.15, 0.2) is 59.9 Å². The van der Waals surface area contributed by atoms with Crippen LogP contribution in [0.5, 0.6) is 0 Å². The summed E-state index contributed by atoms with van der Waals surface area (Å²) in [6.07, 6.45) is 8.38. The number of fused-ring (bicyclic) bond motifs is 1. The van der Waals surface area contributed by atoms with Crippen LogP contribution < -0.4 is 5.32 Å². The van der Waals surface area contributed by atoms with Crippen molar-refractivity contribution in [3.8, 4) is 11.3 Å². The van der Waals surface area contributed by atoms with E-state index >= 15 is 0 Å². The third-order valence-electron chi connectivity index (χ3n) is 3.24. The minimum atomic E-state index is 0.573. The number of imidazole rings is 1. The average molecular weight is 292 g/mol. The summed E-state index contributed by atoms with van der Waals surface area (Å²) in [6, 6.07) is 7.56. The van der Waals surface area contributed by atoms with E-state index in [1.165, 1.54) is 6.33 Å². The second kappa shape index (κ2) is 5.28. The zero-order valence-corrected chi connectivity index (χ0v) is 11.5. The number of hydrogen-bond donors (Lipinski definition) is 1. The summed E-state index contributed by atoms with van der Waals surface area (Å²) in [6.45, 7) is 0.573. The van der Waals surface area contributed by atoms with Gasteiger partial charge in [0, 0.05) is 18.0 Å². The lowest BCUT2D eigenvalue weighted by Crippen LogP contribution is -2.04. The van der Waals surface area contributed by atoms with Crippen molar-refractivity contribution in [3.05, 3.63) is 61.2 Å². The molecule has 4 rings (SSSR count). The van der Waals surface area contributed by atoms with Gasteiger partial charge in [-0.25, -0.2) is 19.5 Å². The second-order valence-electron chi connectivity index (χ2n) is 4.69. The molecule has 0 spiro atoms. The summed E-state index contributed by atoms with van der Waals surface area (Å²) < 4.78 is 7.06. The largest absolute Gasteiger partial charge is 0.467 e. The maximum atomic E-state index is 5.29. The molecule has 7 heteroatoms. The van der Waals surface area contributed by atoms with Crippen LogP contribution in [0.3, 0.4) is 0 Å². The molecule has 0 fully saturated rings. The van der Waals surface area contributed by atoms with E-state index in [0.717, 1.165) is 28.5 Å². The lowest BCUT2D eigenvalue weighted by molar-refractivity contribution is 0.517. The maximum absolute atomic E-state index is 5.29. The highest BCUT2D eigenvalue weighted by Crippen LogP contribution is 2.19. The summed E-state index contributed by atoms with van der Waals surface area (Å²) >= 11 is 0. The first kappa shape index (κ1) is 12.5. The fourth-order valence-corrected chi connectivity index (χ4v) is 2.19. The third kappa shape index (κ3) is 2.28. The van der Waals surface area contributed by atoms with Gasteiger partial charge in [-0.15, -0.1) is 5.10 Å². The second-order valence-corrected chi connectivity index (χ2v) is 4.69. The molecule has 4 aromatic heterocycles. The van der Waals surface area contributed by atoms with Crippen LogP contribution >= 0.6 is 0 Å². The molecule has 0 saturated heterocycles. The first-order valence-electron chi connectivity index (χ1n) is 6.76. The molecule has 4 heterocycles. The molecule has 22 heavy (non-hydrogen) atoms. The normalized spacial score (nSPS) is 10.9. The molecule has 1 N–H and O–H groups in total. The molecule has 0 unspecified atom stereocenters. The summed E-state index contributed by atoms with van der Waals surface area (Å²) in [5.41, 5.74) is 2.48. The number of nitrogens with zero attached hydrogens (tertiary/aromatic N) is 5. The van der Waals surface area contributed by atoms with Gasteiger partial charge in [0.05, 0.1) is 24.7 Å². The van der Waals surface area contributed by atoms with E-state index in [-0.39, 0.29) is 0 Å². The highest BCUT2D eigenvalue weighted by Gasteiger charge is 2.08. The molecule has 0 radical (unpaired) electrons. The van der Waals surface area contributed by atoms with Gasteiger partial charge < -0.3 is 9.73 Å². The molecule has 0 aliphatic heterocycles. The predicted molar refractivity (Wildman–Crippen MR) is 80.0 cm³/mol. The van der Waals surface area contributed by atoms with E-state index in [9.17, 15) is 0 Å². The van der Waals surface area contributed by atoms with E-state index in [4.69, 9.17) is 4.42 Å². The molecule has 0 amide bonds. The minimum absolute atomic E-state index is 0.573. The highest BCUT2D eigenvalue weighted by atomic mass is 16.3. The minimum Gasteiger partial charge on any atom is -0.467 e. The molecule has 0 bridgehead atoms. The van der Waals surface area contributed by atoms with Crippen molar-refractivity contribution in [2.75, 3.05) is 5.32 Å². The Bertz CT molecular complexity index is 885. The van der Waals surface area contributed by atoms with E-state index < -0.39 is 0 Å². The number of anilines is 1. The van der Waals surface area contributed by atoms with Crippen LogP contribution in [0.25, 0.3) is 16.9 Å². The SMILES string of the molecule is c1coc(CNc2ccc3ncc(-c4cncnc4)n3n2)c1. The molecule has 108 valence electrons. The fourth-order valence-electron chi connectivity index (χ4n) is 2.19. The van der Waals surface area contributed by atoms with Crippen molar-refractivity contribution >= 4 is 11.5 Å². The van der Waals surface area contributed by atoms with Gasteiger partial charge in [-0.1, -0.05) is 0 Å². The Labute approximate surface area is 125 Å². The Balaban J connectivity index is 1.67. The van der Waals surface area contributed by atoms with Gasteiger partial charge in [0.2, 0.25) is 0 Å².